The van der Waals surface area contributed by atoms with Crippen LogP contribution in [0.3, 0.4) is 0 Å². The molecule has 6 N–H and O–H groups in total. The van der Waals surface area contributed by atoms with E-state index in [-0.39, 0.29) is 35.4 Å². The first-order valence-electron chi connectivity index (χ1n) is 13.7. The topological polar surface area (TPSA) is 181 Å². The number of nitrogens with zero attached hydrogens (tertiary/aromatic N) is 2. The van der Waals surface area contributed by atoms with E-state index in [9.17, 15) is 28.8 Å². The molecule has 6 amide bonds. The summed E-state index contributed by atoms with van der Waals surface area (Å²) in [7, 11) is 4.08. The number of unbranched alkanes of at least 4 members (excludes halogenated alkanes) is 2. The fourth-order valence-electron chi connectivity index (χ4n) is 3.15. The van der Waals surface area contributed by atoms with Crippen LogP contribution in [0.4, 0.5) is 0 Å². The lowest BCUT2D eigenvalue weighted by atomic mass is 10.2. The molecule has 0 spiro atoms. The minimum Gasteiger partial charge on any atom is -0.410 e. The second kappa shape index (κ2) is 24.6. The third kappa shape index (κ3) is 27.4. The lowest BCUT2D eigenvalue weighted by Gasteiger charge is -2.14. The maximum atomic E-state index is 11.7. The standard InChI is InChI=1S/2C8H18N2O.4C2H5NO.2Al/c2*1-3-10(2)7-5-4-6-8(9)11;4*1-2(3)4;;/h2*3-7H2,1-2H3,(H2,9,11);4*1H3,(H2,3,4);;/q;;;;;;2*+3/p-6. The number of hydrogen-bond acceptors (Lipinski definition) is 8. The number of carbonyl (C=O) groups is 6. The third-order valence-corrected chi connectivity index (χ3v) is 9.47. The zero-order valence-electron chi connectivity index (χ0n) is 25.6. The molecule has 228 valence electrons. The predicted octanol–water partition coefficient (Wildman–Crippen LogP) is -1.04. The molecule has 0 aliphatic rings. The van der Waals surface area contributed by atoms with E-state index >= 15 is 0 Å². The first kappa shape index (κ1) is 39.9. The summed E-state index contributed by atoms with van der Waals surface area (Å²) in [5.74, 6) is -1.33. The highest BCUT2D eigenvalue weighted by Crippen LogP contribution is 1.98. The Kier molecular flexibility index (Phi) is 24.6. The van der Waals surface area contributed by atoms with Gasteiger partial charge in [0.05, 0.1) is 0 Å². The van der Waals surface area contributed by atoms with Gasteiger partial charge in [0, 0.05) is 40.5 Å². The molecule has 16 heteroatoms. The molecule has 0 rings (SSSR count). The van der Waals surface area contributed by atoms with Gasteiger partial charge < -0.3 is 35.6 Å². The smallest absolute Gasteiger partial charge is 0.410 e. The van der Waals surface area contributed by atoms with Gasteiger partial charge in [0.15, 0.2) is 35.4 Å². The van der Waals surface area contributed by atoms with Crippen LogP contribution in [-0.2, 0) is 28.8 Å². The molecule has 0 aliphatic carbocycles. The van der Waals surface area contributed by atoms with E-state index in [0.717, 1.165) is 51.9 Å². The molecule has 0 unspecified atom stereocenters. The maximum absolute atomic E-state index is 11.7. The van der Waals surface area contributed by atoms with Crippen LogP contribution < -0.4 is 25.8 Å². The van der Waals surface area contributed by atoms with Crippen LogP contribution in [0.15, 0.2) is 0 Å². The van der Waals surface area contributed by atoms with Crippen LogP contribution >= 0.6 is 0 Å². The average molecular weight is 601 g/mol. The van der Waals surface area contributed by atoms with Gasteiger partial charge in [0.25, 0.3) is 0 Å². The minimum atomic E-state index is -2.29. The van der Waals surface area contributed by atoms with Gasteiger partial charge in [-0.15, -0.1) is 0 Å². The molecule has 0 saturated heterocycles. The van der Waals surface area contributed by atoms with Crippen molar-refractivity contribution >= 4 is 65.1 Å². The third-order valence-electron chi connectivity index (χ3n) is 5.47. The summed E-state index contributed by atoms with van der Waals surface area (Å²) in [5.41, 5.74) is 0. The molecule has 14 nitrogen and oxygen atoms in total. The Hall–Kier alpha value is -2.20. The molecule has 0 heterocycles. The highest BCUT2D eigenvalue weighted by Gasteiger charge is 2.29. The van der Waals surface area contributed by atoms with Crippen molar-refractivity contribution in [3.05, 3.63) is 0 Å². The van der Waals surface area contributed by atoms with Gasteiger partial charge >= 0.3 is 29.6 Å². The second-order valence-electron chi connectivity index (χ2n) is 9.51. The molecular weight excluding hydrogens is 550 g/mol. The lowest BCUT2D eigenvalue weighted by Crippen LogP contribution is -2.62. The van der Waals surface area contributed by atoms with Crippen molar-refractivity contribution in [1.29, 1.82) is 0 Å². The Morgan fingerprint density at radius 3 is 1.00 bits per heavy atom. The molecule has 0 aliphatic heterocycles. The van der Waals surface area contributed by atoms with E-state index in [1.807, 2.05) is 14.1 Å². The quantitative estimate of drug-likeness (QED) is 0.0853. The summed E-state index contributed by atoms with van der Waals surface area (Å²) in [4.78, 5) is 71.8. The van der Waals surface area contributed by atoms with Gasteiger partial charge in [-0.1, -0.05) is 13.8 Å². The molecule has 40 heavy (non-hydrogen) atoms. The highest BCUT2D eigenvalue weighted by molar-refractivity contribution is 6.59. The van der Waals surface area contributed by atoms with E-state index in [1.165, 1.54) is 27.7 Å². The predicted molar refractivity (Wildman–Crippen MR) is 157 cm³/mol. The van der Waals surface area contributed by atoms with E-state index in [4.69, 9.17) is 0 Å². The van der Waals surface area contributed by atoms with Gasteiger partial charge in [-0.25, -0.2) is 0 Å². The summed E-state index contributed by atoms with van der Waals surface area (Å²) in [6.45, 7) is 13.5. The zero-order valence-corrected chi connectivity index (χ0v) is 27.9. The summed E-state index contributed by atoms with van der Waals surface area (Å²) < 4.78 is 15.8. The van der Waals surface area contributed by atoms with Crippen LogP contribution in [0.2, 0.25) is 0 Å². The Morgan fingerprint density at radius 1 is 0.500 bits per heavy atom. The number of nitrogens with one attached hydrogen (secondary N) is 6. The molecule has 0 fully saturated rings. The van der Waals surface area contributed by atoms with Crippen molar-refractivity contribution < 1.29 is 28.8 Å². The molecule has 0 atom stereocenters. The summed E-state index contributed by atoms with van der Waals surface area (Å²) in [5, 5.41) is 0. The van der Waals surface area contributed by atoms with E-state index in [2.05, 4.69) is 49.4 Å². The van der Waals surface area contributed by atoms with Crippen molar-refractivity contribution in [3.63, 3.8) is 0 Å². The number of amides is 6. The van der Waals surface area contributed by atoms with Crippen LogP contribution in [-0.4, -0.2) is 115 Å². The van der Waals surface area contributed by atoms with Crippen molar-refractivity contribution in [1.82, 2.24) is 35.6 Å². The van der Waals surface area contributed by atoms with Gasteiger partial charge in [-0.3, -0.25) is 28.8 Å². The number of rotatable bonds is 18. The SMILES string of the molecule is CCN(C)CCCCC(=O)[NH][Al]([NH]C(C)=O)[NH]C(C)=O.CCN(C)CCCCC(=O)[NH][Al]([NH]C(C)=O)[NH]C(C)=O. The first-order valence-corrected chi connectivity index (χ1v) is 17.2. The fraction of sp³-hybridized carbons (Fsp3) is 0.750. The maximum Gasteiger partial charge on any atom is 0.740 e. The largest absolute Gasteiger partial charge is 0.740 e. The summed E-state index contributed by atoms with van der Waals surface area (Å²) >= 11 is -4.59. The van der Waals surface area contributed by atoms with Gasteiger partial charge in [0.1, 0.15) is 0 Å². The highest BCUT2D eigenvalue weighted by atomic mass is 27.2. The second-order valence-corrected chi connectivity index (χ2v) is 13.0. The van der Waals surface area contributed by atoms with Gasteiger partial charge in [0.2, 0.25) is 0 Å². The first-order chi connectivity index (χ1) is 18.7. The molecule has 0 aromatic carbocycles. The molecule has 0 bridgehead atoms. The van der Waals surface area contributed by atoms with Gasteiger partial charge in [-0.05, 0) is 66.0 Å². The van der Waals surface area contributed by atoms with Crippen LogP contribution in [0.1, 0.15) is 80.1 Å². The van der Waals surface area contributed by atoms with Crippen molar-refractivity contribution in [2.24, 2.45) is 0 Å². The molecule has 0 saturated carbocycles. The summed E-state index contributed by atoms with van der Waals surface area (Å²) in [6, 6.07) is 0. The average Bonchev–Trinajstić information content (AvgIpc) is 2.82. The monoisotopic (exact) mass is 600 g/mol. The molecule has 0 aromatic heterocycles. The van der Waals surface area contributed by atoms with Crippen molar-refractivity contribution in [2.45, 2.75) is 80.1 Å². The van der Waals surface area contributed by atoms with Crippen LogP contribution in [0, 0.1) is 0 Å². The Bertz CT molecular complexity index is 709. The molecule has 0 aromatic rings. The fourth-order valence-corrected chi connectivity index (χ4v) is 6.14. The van der Waals surface area contributed by atoms with Crippen LogP contribution in [0.5, 0.6) is 0 Å². The zero-order chi connectivity index (χ0) is 31.1. The van der Waals surface area contributed by atoms with Crippen LogP contribution in [0.25, 0.3) is 0 Å². The van der Waals surface area contributed by atoms with Crippen molar-refractivity contribution in [3.8, 4) is 0 Å². The molecular formula is C24H50Al2N8O6. The Labute approximate surface area is 249 Å². The minimum absolute atomic E-state index is 0.136. The van der Waals surface area contributed by atoms with E-state index < -0.39 is 29.6 Å². The summed E-state index contributed by atoms with van der Waals surface area (Å²) in [6.07, 6.45) is 4.28. The van der Waals surface area contributed by atoms with Crippen molar-refractivity contribution in [2.75, 3.05) is 40.3 Å². The Morgan fingerprint density at radius 2 is 0.775 bits per heavy atom. The molecule has 0 radical (unpaired) electrons. The van der Waals surface area contributed by atoms with E-state index in [1.54, 1.807) is 0 Å². The lowest BCUT2D eigenvalue weighted by molar-refractivity contribution is -0.121. The number of hydrogen-bond donors (Lipinski definition) is 6. The number of carbonyl (C=O) groups excluding carboxylic acids is 6. The van der Waals surface area contributed by atoms with E-state index in [0.29, 0.717) is 12.8 Å². The normalized spacial score (nSPS) is 10.1. The van der Waals surface area contributed by atoms with Gasteiger partial charge in [-0.2, -0.15) is 0 Å². The Balaban J connectivity index is 0.